The molecule has 2 rings (SSSR count). The van der Waals surface area contributed by atoms with Gasteiger partial charge < -0.3 is 0 Å². The van der Waals surface area contributed by atoms with Gasteiger partial charge in [0, 0.05) is 12.4 Å². The lowest BCUT2D eigenvalue weighted by Gasteiger charge is -2.17. The normalized spacial score (nSPS) is 23.9. The molecule has 0 aromatic carbocycles. The number of hydrogen-bond donors (Lipinski definition) is 1. The SMILES string of the molecule is O=S(=O)(NCC1CCCC1CCl)c1cc(Cl)c(Br)s1. The summed E-state index contributed by atoms with van der Waals surface area (Å²) in [6.45, 7) is 0.451. The van der Waals surface area contributed by atoms with Crippen LogP contribution in [0.2, 0.25) is 5.02 Å². The van der Waals surface area contributed by atoms with Crippen LogP contribution < -0.4 is 4.72 Å². The largest absolute Gasteiger partial charge is 0.250 e. The predicted molar refractivity (Wildman–Crippen MR) is 83.8 cm³/mol. The van der Waals surface area contributed by atoms with Gasteiger partial charge >= 0.3 is 0 Å². The molecular weight excluding hydrogens is 393 g/mol. The minimum Gasteiger partial charge on any atom is -0.210 e. The topological polar surface area (TPSA) is 46.2 Å². The number of nitrogens with one attached hydrogen (secondary N) is 1. The average Bonchev–Trinajstić information content (AvgIpc) is 2.94. The molecule has 3 nitrogen and oxygen atoms in total. The van der Waals surface area contributed by atoms with Gasteiger partial charge in [-0.3, -0.25) is 0 Å². The zero-order valence-electron chi connectivity index (χ0n) is 10.0. The average molecular weight is 407 g/mol. The predicted octanol–water partition coefficient (Wildman–Crippen LogP) is 4.10. The van der Waals surface area contributed by atoms with Crippen LogP contribution in [0.4, 0.5) is 0 Å². The van der Waals surface area contributed by atoms with Gasteiger partial charge in [0.2, 0.25) is 10.0 Å². The van der Waals surface area contributed by atoms with Gasteiger partial charge in [-0.15, -0.1) is 22.9 Å². The van der Waals surface area contributed by atoms with E-state index in [9.17, 15) is 8.42 Å². The molecule has 1 aliphatic carbocycles. The van der Waals surface area contributed by atoms with Crippen LogP contribution in [0.1, 0.15) is 19.3 Å². The highest BCUT2D eigenvalue weighted by Crippen LogP contribution is 2.35. The molecule has 0 spiro atoms. The third-order valence-electron chi connectivity index (χ3n) is 3.44. The third kappa shape index (κ3) is 3.86. The molecule has 0 bridgehead atoms. The lowest BCUT2D eigenvalue weighted by Crippen LogP contribution is -2.30. The Balaban J connectivity index is 2.02. The summed E-state index contributed by atoms with van der Waals surface area (Å²) in [6.07, 6.45) is 3.25. The third-order valence-corrected chi connectivity index (χ3v) is 8.21. The molecule has 0 saturated heterocycles. The van der Waals surface area contributed by atoms with E-state index in [2.05, 4.69) is 20.7 Å². The van der Waals surface area contributed by atoms with Crippen LogP contribution >= 0.6 is 50.5 Å². The molecule has 1 saturated carbocycles. The molecule has 2 atom stereocenters. The van der Waals surface area contributed by atoms with Crippen molar-refractivity contribution in [2.24, 2.45) is 11.8 Å². The van der Waals surface area contributed by atoms with Crippen molar-refractivity contribution in [3.63, 3.8) is 0 Å². The van der Waals surface area contributed by atoms with Crippen LogP contribution in [0.3, 0.4) is 0 Å². The van der Waals surface area contributed by atoms with Crippen molar-refractivity contribution < 1.29 is 8.42 Å². The Morgan fingerprint density at radius 3 is 2.68 bits per heavy atom. The van der Waals surface area contributed by atoms with Gasteiger partial charge in [-0.2, -0.15) is 0 Å². The quantitative estimate of drug-likeness (QED) is 0.748. The molecule has 1 aromatic heterocycles. The van der Waals surface area contributed by atoms with Crippen molar-refractivity contribution in [1.29, 1.82) is 0 Å². The van der Waals surface area contributed by atoms with Gasteiger partial charge in [-0.25, -0.2) is 13.1 Å². The molecule has 1 aromatic rings. The summed E-state index contributed by atoms with van der Waals surface area (Å²) in [5, 5.41) is 0.421. The zero-order chi connectivity index (χ0) is 14.0. The number of rotatable bonds is 5. The Morgan fingerprint density at radius 1 is 1.42 bits per heavy atom. The molecule has 0 radical (unpaired) electrons. The summed E-state index contributed by atoms with van der Waals surface area (Å²) in [7, 11) is -3.47. The molecule has 0 aliphatic heterocycles. The maximum Gasteiger partial charge on any atom is 0.250 e. The second-order valence-corrected chi connectivity index (χ2v) is 9.72. The number of alkyl halides is 1. The van der Waals surface area contributed by atoms with Gasteiger partial charge in [0.25, 0.3) is 0 Å². The Morgan fingerprint density at radius 2 is 2.11 bits per heavy atom. The zero-order valence-corrected chi connectivity index (χ0v) is 14.8. The van der Waals surface area contributed by atoms with Crippen molar-refractivity contribution in [1.82, 2.24) is 4.72 Å². The van der Waals surface area contributed by atoms with Crippen LogP contribution in [-0.4, -0.2) is 20.8 Å². The van der Waals surface area contributed by atoms with Crippen LogP contribution in [0.15, 0.2) is 14.1 Å². The monoisotopic (exact) mass is 405 g/mol. The van der Waals surface area contributed by atoms with E-state index < -0.39 is 10.0 Å². The van der Waals surface area contributed by atoms with E-state index in [1.807, 2.05) is 0 Å². The standard InChI is InChI=1S/C11H14BrCl2NO2S2/c12-11-9(14)4-10(18-11)19(16,17)15-6-8-3-1-2-7(8)5-13/h4,7-8,15H,1-3,5-6H2. The van der Waals surface area contributed by atoms with Crippen LogP contribution in [0.25, 0.3) is 0 Å². The van der Waals surface area contributed by atoms with E-state index in [0.29, 0.717) is 33.1 Å². The van der Waals surface area contributed by atoms with Crippen molar-refractivity contribution in [3.05, 3.63) is 14.9 Å². The molecule has 1 N–H and O–H groups in total. The van der Waals surface area contributed by atoms with Gasteiger partial charge in [0.05, 0.1) is 8.81 Å². The van der Waals surface area contributed by atoms with E-state index in [-0.39, 0.29) is 4.21 Å². The summed E-state index contributed by atoms with van der Waals surface area (Å²) in [6, 6.07) is 1.46. The highest BCUT2D eigenvalue weighted by atomic mass is 79.9. The van der Waals surface area contributed by atoms with E-state index >= 15 is 0 Å². The first-order valence-corrected chi connectivity index (χ1v) is 9.95. The molecule has 1 fully saturated rings. The Kier molecular flexibility index (Phi) is 5.59. The van der Waals surface area contributed by atoms with E-state index in [1.165, 1.54) is 6.07 Å². The van der Waals surface area contributed by atoms with Gasteiger partial charge in [0.15, 0.2) is 0 Å². The number of halogens is 3. The lowest BCUT2D eigenvalue weighted by molar-refractivity contribution is 0.418. The number of thiophene rings is 1. The maximum absolute atomic E-state index is 12.1. The van der Waals surface area contributed by atoms with Gasteiger partial charge in [0.1, 0.15) is 4.21 Å². The van der Waals surface area contributed by atoms with Gasteiger partial charge in [-0.05, 0) is 46.7 Å². The molecule has 8 heteroatoms. The van der Waals surface area contributed by atoms with Crippen LogP contribution in [0.5, 0.6) is 0 Å². The molecular formula is C11H14BrCl2NO2S2. The smallest absolute Gasteiger partial charge is 0.210 e. The first-order valence-electron chi connectivity index (χ1n) is 5.94. The minimum absolute atomic E-state index is 0.241. The van der Waals surface area contributed by atoms with Crippen molar-refractivity contribution in [3.8, 4) is 0 Å². The maximum atomic E-state index is 12.1. The second-order valence-electron chi connectivity index (χ2n) is 4.64. The van der Waals surface area contributed by atoms with Crippen LogP contribution in [0, 0.1) is 11.8 Å². The molecule has 19 heavy (non-hydrogen) atoms. The fourth-order valence-electron chi connectivity index (χ4n) is 2.33. The number of hydrogen-bond acceptors (Lipinski definition) is 3. The molecule has 1 heterocycles. The lowest BCUT2D eigenvalue weighted by atomic mass is 9.98. The summed E-state index contributed by atoms with van der Waals surface area (Å²) in [5.74, 6) is 1.36. The van der Waals surface area contributed by atoms with E-state index in [1.54, 1.807) is 0 Å². The Hall–Kier alpha value is 0.670. The molecule has 108 valence electrons. The highest BCUT2D eigenvalue weighted by Gasteiger charge is 2.28. The summed E-state index contributed by atoms with van der Waals surface area (Å²) in [4.78, 5) is 0. The fraction of sp³-hybridized carbons (Fsp3) is 0.636. The van der Waals surface area contributed by atoms with Crippen molar-refractivity contribution in [2.75, 3.05) is 12.4 Å². The van der Waals surface area contributed by atoms with Crippen molar-refractivity contribution >= 4 is 60.5 Å². The molecule has 1 aliphatic rings. The summed E-state index contributed by atoms with van der Waals surface area (Å²) < 4.78 is 27.8. The van der Waals surface area contributed by atoms with Crippen molar-refractivity contribution in [2.45, 2.75) is 23.5 Å². The van der Waals surface area contributed by atoms with Crippen LogP contribution in [-0.2, 0) is 10.0 Å². The number of sulfonamides is 1. The minimum atomic E-state index is -3.47. The Bertz CT molecular complexity index is 527. The summed E-state index contributed by atoms with van der Waals surface area (Å²) in [5.41, 5.74) is 0. The fourth-order valence-corrected chi connectivity index (χ4v) is 6.28. The second kappa shape index (κ2) is 6.62. The summed E-state index contributed by atoms with van der Waals surface area (Å²) >= 11 is 16.1. The van der Waals surface area contributed by atoms with E-state index in [0.717, 1.165) is 30.6 Å². The first-order chi connectivity index (χ1) is 8.94. The van der Waals surface area contributed by atoms with Gasteiger partial charge in [-0.1, -0.05) is 18.0 Å². The highest BCUT2D eigenvalue weighted by molar-refractivity contribution is 9.11. The molecule has 0 amide bonds. The first kappa shape index (κ1) is 16.0. The van der Waals surface area contributed by atoms with E-state index in [4.69, 9.17) is 23.2 Å². The molecule has 2 unspecified atom stereocenters. The Labute approximate surface area is 135 Å².